The van der Waals surface area contributed by atoms with Gasteiger partial charge in [-0.25, -0.2) is 9.50 Å². The van der Waals surface area contributed by atoms with Crippen molar-refractivity contribution in [2.45, 2.75) is 26.4 Å². The van der Waals surface area contributed by atoms with Crippen LogP contribution >= 0.6 is 11.3 Å². The monoisotopic (exact) mass is 328 g/mol. The van der Waals surface area contributed by atoms with Crippen molar-refractivity contribution in [3.8, 4) is 0 Å². The second-order valence-electron chi connectivity index (χ2n) is 5.93. The lowest BCUT2D eigenvalue weighted by atomic mass is 10.0. The van der Waals surface area contributed by atoms with Crippen LogP contribution in [0.25, 0.3) is 4.96 Å². The summed E-state index contributed by atoms with van der Waals surface area (Å²) in [6, 6.07) is 4.57. The number of aromatic nitrogens is 4. The Kier molecular flexibility index (Phi) is 3.84. The first-order chi connectivity index (χ1) is 11.2. The lowest BCUT2D eigenvalue weighted by Gasteiger charge is -2.36. The van der Waals surface area contributed by atoms with Gasteiger partial charge in [-0.1, -0.05) is 11.3 Å². The predicted molar refractivity (Wildman–Crippen MR) is 90.6 cm³/mol. The van der Waals surface area contributed by atoms with Crippen LogP contribution in [0.15, 0.2) is 24.5 Å². The maximum atomic E-state index is 4.66. The number of nitrogens with one attached hydrogen (secondary N) is 1. The number of piperazine rings is 1. The summed E-state index contributed by atoms with van der Waals surface area (Å²) in [7, 11) is 0. The van der Waals surface area contributed by atoms with Crippen molar-refractivity contribution in [1.29, 1.82) is 0 Å². The molecule has 1 atom stereocenters. The Bertz CT molecular complexity index is 809. The van der Waals surface area contributed by atoms with Crippen LogP contribution in [-0.4, -0.2) is 44.1 Å². The molecule has 0 radical (unpaired) electrons. The van der Waals surface area contributed by atoms with E-state index in [0.717, 1.165) is 41.8 Å². The number of hydrogen-bond acceptors (Lipinski definition) is 6. The Morgan fingerprint density at radius 1 is 1.30 bits per heavy atom. The zero-order chi connectivity index (χ0) is 15.8. The summed E-state index contributed by atoms with van der Waals surface area (Å²) in [4.78, 5) is 12.3. The van der Waals surface area contributed by atoms with Crippen LogP contribution in [-0.2, 0) is 6.54 Å². The largest absolute Gasteiger partial charge is 0.314 e. The normalized spacial score (nSPS) is 19.5. The van der Waals surface area contributed by atoms with Gasteiger partial charge in [0.2, 0.25) is 4.96 Å². The second-order valence-corrected chi connectivity index (χ2v) is 7.09. The second kappa shape index (κ2) is 5.99. The highest BCUT2D eigenvalue weighted by molar-refractivity contribution is 7.16. The molecule has 0 amide bonds. The summed E-state index contributed by atoms with van der Waals surface area (Å²) in [6.07, 6.45) is 3.74. The van der Waals surface area contributed by atoms with Gasteiger partial charge >= 0.3 is 0 Å². The first-order valence-corrected chi connectivity index (χ1v) is 8.70. The zero-order valence-corrected chi connectivity index (χ0v) is 14.2. The van der Waals surface area contributed by atoms with Gasteiger partial charge in [0.05, 0.1) is 11.4 Å². The van der Waals surface area contributed by atoms with Crippen LogP contribution in [0, 0.1) is 13.8 Å². The standard InChI is InChI=1S/C16H20N6S/c1-11-15(22-16(19-11)23-12(2)20-22)10-21-8-7-18-9-14(21)13-3-5-17-6-4-13/h3-6,14,18H,7-10H2,1-2H3. The van der Waals surface area contributed by atoms with Crippen molar-refractivity contribution in [3.05, 3.63) is 46.5 Å². The van der Waals surface area contributed by atoms with Crippen LogP contribution in [0.2, 0.25) is 0 Å². The maximum Gasteiger partial charge on any atom is 0.212 e. The lowest BCUT2D eigenvalue weighted by Crippen LogP contribution is -2.45. The summed E-state index contributed by atoms with van der Waals surface area (Å²) in [5.74, 6) is 0. The van der Waals surface area contributed by atoms with E-state index in [0.29, 0.717) is 6.04 Å². The Morgan fingerprint density at radius 3 is 2.96 bits per heavy atom. The van der Waals surface area contributed by atoms with E-state index in [2.05, 4.69) is 44.3 Å². The fourth-order valence-electron chi connectivity index (χ4n) is 3.21. The highest BCUT2D eigenvalue weighted by atomic mass is 32.1. The summed E-state index contributed by atoms with van der Waals surface area (Å²) < 4.78 is 2.01. The summed E-state index contributed by atoms with van der Waals surface area (Å²) in [5.41, 5.74) is 3.58. The first-order valence-electron chi connectivity index (χ1n) is 7.88. The van der Waals surface area contributed by atoms with Gasteiger partial charge < -0.3 is 5.32 Å². The van der Waals surface area contributed by atoms with Crippen LogP contribution in [0.5, 0.6) is 0 Å². The first kappa shape index (κ1) is 14.7. The fraction of sp³-hybridized carbons (Fsp3) is 0.438. The molecule has 1 N–H and O–H groups in total. The number of pyridine rings is 1. The van der Waals surface area contributed by atoms with Gasteiger partial charge in [-0.3, -0.25) is 9.88 Å². The van der Waals surface area contributed by atoms with Crippen molar-refractivity contribution in [2.75, 3.05) is 19.6 Å². The molecule has 0 spiro atoms. The predicted octanol–water partition coefficient (Wildman–Crippen LogP) is 1.95. The molecule has 0 saturated carbocycles. The minimum Gasteiger partial charge on any atom is -0.314 e. The van der Waals surface area contributed by atoms with Crippen LogP contribution in [0.1, 0.15) is 28.0 Å². The number of fused-ring (bicyclic) bond motifs is 1. The van der Waals surface area contributed by atoms with Gasteiger partial charge in [-0.05, 0) is 31.5 Å². The van der Waals surface area contributed by atoms with Crippen molar-refractivity contribution in [2.24, 2.45) is 0 Å². The molecule has 1 fully saturated rings. The molecule has 4 rings (SSSR count). The molecule has 0 bridgehead atoms. The summed E-state index contributed by atoms with van der Waals surface area (Å²) in [6.45, 7) is 7.96. The Labute approximate surface area is 139 Å². The number of nitrogens with zero attached hydrogens (tertiary/aromatic N) is 5. The SMILES string of the molecule is Cc1nn2c(CN3CCNCC3c3ccncc3)c(C)nc2s1. The maximum absolute atomic E-state index is 4.66. The lowest BCUT2D eigenvalue weighted by molar-refractivity contribution is 0.150. The van der Waals surface area contributed by atoms with Gasteiger partial charge in [-0.15, -0.1) is 0 Å². The highest BCUT2D eigenvalue weighted by Crippen LogP contribution is 2.26. The molecule has 7 heteroatoms. The molecule has 23 heavy (non-hydrogen) atoms. The average Bonchev–Trinajstić information content (AvgIpc) is 3.05. The summed E-state index contributed by atoms with van der Waals surface area (Å²) in [5, 5.41) is 9.17. The molecular formula is C16H20N6S. The van der Waals surface area contributed by atoms with Gasteiger partial charge in [0.1, 0.15) is 5.01 Å². The topological polar surface area (TPSA) is 58.4 Å². The highest BCUT2D eigenvalue weighted by Gasteiger charge is 2.26. The van der Waals surface area contributed by atoms with Gasteiger partial charge in [0.15, 0.2) is 0 Å². The molecule has 1 aliphatic heterocycles. The molecule has 3 aromatic rings. The van der Waals surface area contributed by atoms with E-state index in [1.165, 1.54) is 11.3 Å². The van der Waals surface area contributed by atoms with Gasteiger partial charge in [0, 0.05) is 44.6 Å². The Morgan fingerprint density at radius 2 is 2.13 bits per heavy atom. The fourth-order valence-corrected chi connectivity index (χ4v) is 4.02. The van der Waals surface area contributed by atoms with E-state index in [-0.39, 0.29) is 0 Å². The van der Waals surface area contributed by atoms with E-state index >= 15 is 0 Å². The van der Waals surface area contributed by atoms with E-state index in [4.69, 9.17) is 0 Å². The van der Waals surface area contributed by atoms with E-state index in [9.17, 15) is 0 Å². The summed E-state index contributed by atoms with van der Waals surface area (Å²) >= 11 is 1.65. The van der Waals surface area contributed by atoms with Crippen molar-refractivity contribution < 1.29 is 0 Å². The molecule has 1 aliphatic rings. The zero-order valence-electron chi connectivity index (χ0n) is 13.4. The molecule has 120 valence electrons. The van der Waals surface area contributed by atoms with Gasteiger partial charge in [0.25, 0.3) is 0 Å². The van der Waals surface area contributed by atoms with Gasteiger partial charge in [-0.2, -0.15) is 5.10 Å². The van der Waals surface area contributed by atoms with Crippen molar-refractivity contribution >= 4 is 16.3 Å². The van der Waals surface area contributed by atoms with Crippen LogP contribution < -0.4 is 5.32 Å². The number of rotatable bonds is 3. The van der Waals surface area contributed by atoms with Crippen molar-refractivity contribution in [3.63, 3.8) is 0 Å². The van der Waals surface area contributed by atoms with Crippen LogP contribution in [0.4, 0.5) is 0 Å². The minimum atomic E-state index is 0.358. The Hall–Kier alpha value is -1.83. The molecule has 0 aromatic carbocycles. The third-order valence-electron chi connectivity index (χ3n) is 4.40. The van der Waals surface area contributed by atoms with Crippen LogP contribution in [0.3, 0.4) is 0 Å². The molecule has 1 saturated heterocycles. The third-order valence-corrected chi connectivity index (χ3v) is 5.22. The van der Waals surface area contributed by atoms with E-state index in [1.807, 2.05) is 23.8 Å². The molecule has 4 heterocycles. The smallest absolute Gasteiger partial charge is 0.212 e. The average molecular weight is 328 g/mol. The van der Waals surface area contributed by atoms with Crippen molar-refractivity contribution in [1.82, 2.24) is 29.8 Å². The molecule has 1 unspecified atom stereocenters. The minimum absolute atomic E-state index is 0.358. The van der Waals surface area contributed by atoms with E-state index < -0.39 is 0 Å². The van der Waals surface area contributed by atoms with E-state index in [1.54, 1.807) is 11.3 Å². The third kappa shape index (κ3) is 2.75. The number of hydrogen-bond donors (Lipinski definition) is 1. The molecule has 3 aromatic heterocycles. The molecule has 0 aliphatic carbocycles. The quantitative estimate of drug-likeness (QED) is 0.796. The molecule has 6 nitrogen and oxygen atoms in total. The Balaban J connectivity index is 1.66. The molecular weight excluding hydrogens is 308 g/mol. The number of aryl methyl sites for hydroxylation is 2. The number of imidazole rings is 1.